The quantitative estimate of drug-likeness (QED) is 0.496. The van der Waals surface area contributed by atoms with E-state index in [9.17, 15) is 8.78 Å². The van der Waals surface area contributed by atoms with Crippen molar-refractivity contribution < 1.29 is 8.78 Å². The first-order valence-electron chi connectivity index (χ1n) is 3.22. The summed E-state index contributed by atoms with van der Waals surface area (Å²) >= 11 is 0. The highest BCUT2D eigenvalue weighted by molar-refractivity contribution is 5.07. The molecule has 1 rings (SSSR count). The van der Waals surface area contributed by atoms with Crippen LogP contribution >= 0.6 is 0 Å². The Balaban J connectivity index is 2.57. The van der Waals surface area contributed by atoms with Crippen molar-refractivity contribution in [1.29, 1.82) is 0 Å². The van der Waals surface area contributed by atoms with Crippen molar-refractivity contribution in [2.45, 2.75) is 25.7 Å². The average Bonchev–Trinajstić information content (AvgIpc) is 1.58. The van der Waals surface area contributed by atoms with Crippen molar-refractivity contribution in [2.24, 2.45) is 5.41 Å². The molecular formula is C8H10F2. The van der Waals surface area contributed by atoms with Crippen molar-refractivity contribution in [1.82, 2.24) is 0 Å². The Bertz CT molecular complexity index is 179. The molecule has 0 radical (unpaired) electrons. The van der Waals surface area contributed by atoms with Gasteiger partial charge in [0.1, 0.15) is 0 Å². The summed E-state index contributed by atoms with van der Waals surface area (Å²) in [6, 6.07) is 0. The van der Waals surface area contributed by atoms with Crippen LogP contribution in [0.3, 0.4) is 0 Å². The number of alkyl halides is 2. The van der Waals surface area contributed by atoms with Crippen LogP contribution in [-0.4, -0.2) is 5.92 Å². The SMILES string of the molecule is C=C=CC1(C)CC(F)(F)C1. The van der Waals surface area contributed by atoms with E-state index < -0.39 is 5.92 Å². The molecule has 0 spiro atoms. The Morgan fingerprint density at radius 2 is 2.00 bits per heavy atom. The fourth-order valence-corrected chi connectivity index (χ4v) is 1.48. The second-order valence-electron chi connectivity index (χ2n) is 3.21. The summed E-state index contributed by atoms with van der Waals surface area (Å²) in [5.41, 5.74) is 2.20. The van der Waals surface area contributed by atoms with E-state index >= 15 is 0 Å². The van der Waals surface area contributed by atoms with Gasteiger partial charge in [-0.2, -0.15) is 0 Å². The van der Waals surface area contributed by atoms with Crippen LogP contribution in [-0.2, 0) is 0 Å². The van der Waals surface area contributed by atoms with Gasteiger partial charge in [-0.05, 0) is 6.08 Å². The molecule has 0 amide bonds. The van der Waals surface area contributed by atoms with E-state index in [0.717, 1.165) is 0 Å². The van der Waals surface area contributed by atoms with Gasteiger partial charge >= 0.3 is 0 Å². The summed E-state index contributed by atoms with van der Waals surface area (Å²) < 4.78 is 24.6. The summed E-state index contributed by atoms with van der Waals surface area (Å²) in [5, 5.41) is 0. The summed E-state index contributed by atoms with van der Waals surface area (Å²) in [7, 11) is 0. The Hall–Kier alpha value is -0.620. The van der Waals surface area contributed by atoms with Crippen LogP contribution in [0, 0.1) is 5.41 Å². The van der Waals surface area contributed by atoms with Crippen LogP contribution in [0.5, 0.6) is 0 Å². The summed E-state index contributed by atoms with van der Waals surface area (Å²) in [4.78, 5) is 0. The van der Waals surface area contributed by atoms with Crippen LogP contribution in [0.4, 0.5) is 8.78 Å². The van der Waals surface area contributed by atoms with Crippen molar-refractivity contribution in [3.05, 3.63) is 18.4 Å². The van der Waals surface area contributed by atoms with Gasteiger partial charge in [-0.1, -0.05) is 13.5 Å². The van der Waals surface area contributed by atoms with Crippen LogP contribution in [0.15, 0.2) is 18.4 Å². The molecule has 0 atom stereocenters. The molecule has 0 nitrogen and oxygen atoms in total. The van der Waals surface area contributed by atoms with Crippen molar-refractivity contribution >= 4 is 0 Å². The fourth-order valence-electron chi connectivity index (χ4n) is 1.48. The third kappa shape index (κ3) is 1.27. The van der Waals surface area contributed by atoms with Gasteiger partial charge < -0.3 is 0 Å². The summed E-state index contributed by atoms with van der Waals surface area (Å²) in [6.07, 6.45) is 1.52. The molecule has 1 saturated carbocycles. The van der Waals surface area contributed by atoms with Crippen molar-refractivity contribution in [3.63, 3.8) is 0 Å². The van der Waals surface area contributed by atoms with E-state index in [-0.39, 0.29) is 18.3 Å². The first kappa shape index (κ1) is 7.49. The summed E-state index contributed by atoms with van der Waals surface area (Å²) in [6.45, 7) is 5.14. The van der Waals surface area contributed by atoms with Crippen LogP contribution in [0.2, 0.25) is 0 Å². The fraction of sp³-hybridized carbons (Fsp3) is 0.625. The molecule has 1 aliphatic carbocycles. The van der Waals surface area contributed by atoms with Gasteiger partial charge in [0.05, 0.1) is 0 Å². The molecule has 56 valence electrons. The van der Waals surface area contributed by atoms with E-state index in [1.807, 2.05) is 0 Å². The van der Waals surface area contributed by atoms with Gasteiger partial charge in [0, 0.05) is 18.3 Å². The molecule has 0 saturated heterocycles. The van der Waals surface area contributed by atoms with Gasteiger partial charge in [-0.3, -0.25) is 0 Å². The van der Waals surface area contributed by atoms with E-state index in [0.29, 0.717) is 0 Å². The van der Waals surface area contributed by atoms with E-state index in [1.54, 1.807) is 13.0 Å². The molecule has 0 unspecified atom stereocenters. The third-order valence-electron chi connectivity index (χ3n) is 1.78. The van der Waals surface area contributed by atoms with E-state index in [2.05, 4.69) is 12.3 Å². The smallest absolute Gasteiger partial charge is 0.207 e. The minimum Gasteiger partial charge on any atom is -0.207 e. The molecule has 1 aliphatic rings. The standard InChI is InChI=1S/C8H10F2/c1-3-4-7(2)5-8(9,10)6-7/h4H,1,5-6H2,2H3. The lowest BCUT2D eigenvalue weighted by Crippen LogP contribution is -2.42. The Kier molecular flexibility index (Phi) is 1.44. The first-order valence-corrected chi connectivity index (χ1v) is 3.22. The molecule has 0 heterocycles. The zero-order valence-electron chi connectivity index (χ0n) is 5.95. The topological polar surface area (TPSA) is 0 Å². The third-order valence-corrected chi connectivity index (χ3v) is 1.78. The predicted molar refractivity (Wildman–Crippen MR) is 36.0 cm³/mol. The largest absolute Gasteiger partial charge is 0.249 e. The molecule has 0 aromatic carbocycles. The second-order valence-corrected chi connectivity index (χ2v) is 3.21. The lowest BCUT2D eigenvalue weighted by molar-refractivity contribution is -0.134. The normalized spacial score (nSPS) is 26.3. The highest BCUT2D eigenvalue weighted by Crippen LogP contribution is 2.52. The van der Waals surface area contributed by atoms with Crippen LogP contribution in [0.1, 0.15) is 19.8 Å². The highest BCUT2D eigenvalue weighted by Gasteiger charge is 2.52. The molecule has 0 aromatic rings. The van der Waals surface area contributed by atoms with Crippen molar-refractivity contribution in [2.75, 3.05) is 0 Å². The number of rotatable bonds is 1. The molecule has 0 N–H and O–H groups in total. The molecule has 0 aliphatic heterocycles. The maximum Gasteiger partial charge on any atom is 0.249 e. The monoisotopic (exact) mass is 144 g/mol. The number of hydrogen-bond acceptors (Lipinski definition) is 0. The first-order chi connectivity index (χ1) is 4.47. The molecule has 0 aromatic heterocycles. The lowest BCUT2D eigenvalue weighted by atomic mass is 9.68. The molecule has 0 bridgehead atoms. The Labute approximate surface area is 59.2 Å². The molecular weight excluding hydrogens is 134 g/mol. The van der Waals surface area contributed by atoms with Gasteiger partial charge in [0.15, 0.2) is 0 Å². The zero-order valence-corrected chi connectivity index (χ0v) is 5.95. The number of hydrogen-bond donors (Lipinski definition) is 0. The Morgan fingerprint density at radius 1 is 1.50 bits per heavy atom. The van der Waals surface area contributed by atoms with E-state index in [1.165, 1.54) is 0 Å². The zero-order chi connectivity index (χ0) is 7.83. The predicted octanol–water partition coefficient (Wildman–Crippen LogP) is 2.76. The number of allylic oxidation sites excluding steroid dienone is 1. The average molecular weight is 144 g/mol. The molecule has 1 fully saturated rings. The maximum atomic E-state index is 12.3. The van der Waals surface area contributed by atoms with Crippen LogP contribution < -0.4 is 0 Å². The van der Waals surface area contributed by atoms with Gasteiger partial charge in [-0.25, -0.2) is 8.78 Å². The van der Waals surface area contributed by atoms with Gasteiger partial charge in [0.2, 0.25) is 5.92 Å². The minimum atomic E-state index is -2.44. The second kappa shape index (κ2) is 1.93. The molecule has 10 heavy (non-hydrogen) atoms. The Morgan fingerprint density at radius 3 is 2.30 bits per heavy atom. The summed E-state index contributed by atoms with van der Waals surface area (Å²) in [5.74, 6) is -2.44. The van der Waals surface area contributed by atoms with E-state index in [4.69, 9.17) is 0 Å². The lowest BCUT2D eigenvalue weighted by Gasteiger charge is -2.42. The van der Waals surface area contributed by atoms with Gasteiger partial charge in [0.25, 0.3) is 0 Å². The maximum absolute atomic E-state index is 12.3. The minimum absolute atomic E-state index is 0.0531. The van der Waals surface area contributed by atoms with Crippen molar-refractivity contribution in [3.8, 4) is 0 Å². The van der Waals surface area contributed by atoms with Crippen LogP contribution in [0.25, 0.3) is 0 Å². The van der Waals surface area contributed by atoms with Gasteiger partial charge in [-0.15, -0.1) is 5.73 Å². The molecule has 2 heteroatoms. The highest BCUT2D eigenvalue weighted by atomic mass is 19.3. The number of halogens is 2.